The van der Waals surface area contributed by atoms with Crippen LogP contribution in [0.1, 0.15) is 35.8 Å². The zero-order valence-electron chi connectivity index (χ0n) is 12.3. The number of nitrogens with two attached hydrogens (primary N) is 1. The summed E-state index contributed by atoms with van der Waals surface area (Å²) in [6, 6.07) is 4.23. The minimum absolute atomic E-state index is 0.242. The number of sulfone groups is 1. The number of carbonyl (C=O) groups is 1. The Hall–Kier alpha value is -1.60. The van der Waals surface area contributed by atoms with Gasteiger partial charge in [0.15, 0.2) is 9.84 Å². The summed E-state index contributed by atoms with van der Waals surface area (Å²) in [4.78, 5) is 12.0. The van der Waals surface area contributed by atoms with E-state index < -0.39 is 20.6 Å². The van der Waals surface area contributed by atoms with Crippen molar-refractivity contribution in [3.05, 3.63) is 29.3 Å². The molecular formula is C14H20N2O4S. The number of amides is 1. The second kappa shape index (κ2) is 5.31. The standard InChI is InChI=1S/C14H20N2O4S/c1-14(2,21(3,18)19)12(15)9-4-5-11-10(8-9)13(17)16-6-7-20-11/h4-5,8,12H,6-7,15H2,1-3H3,(H,16,17). The molecule has 0 fully saturated rings. The average molecular weight is 312 g/mol. The molecule has 0 saturated heterocycles. The summed E-state index contributed by atoms with van der Waals surface area (Å²) in [6.07, 6.45) is 1.16. The first-order chi connectivity index (χ1) is 9.64. The molecule has 1 aliphatic heterocycles. The number of fused-ring (bicyclic) bond motifs is 1. The van der Waals surface area contributed by atoms with Crippen LogP contribution in [0, 0.1) is 0 Å². The summed E-state index contributed by atoms with van der Waals surface area (Å²) in [6.45, 7) is 3.99. The number of nitrogens with one attached hydrogen (secondary N) is 1. The largest absolute Gasteiger partial charge is 0.491 e. The topological polar surface area (TPSA) is 98.5 Å². The molecule has 0 aromatic heterocycles. The van der Waals surface area contributed by atoms with Gasteiger partial charge in [0, 0.05) is 12.3 Å². The van der Waals surface area contributed by atoms with Gasteiger partial charge < -0.3 is 15.8 Å². The molecule has 1 amide bonds. The fourth-order valence-corrected chi connectivity index (χ4v) is 2.69. The molecule has 21 heavy (non-hydrogen) atoms. The van der Waals surface area contributed by atoms with Crippen LogP contribution in [-0.2, 0) is 9.84 Å². The molecule has 2 rings (SSSR count). The Kier molecular flexibility index (Phi) is 3.99. The van der Waals surface area contributed by atoms with E-state index in [0.717, 1.165) is 6.26 Å². The number of hydrogen-bond acceptors (Lipinski definition) is 5. The Morgan fingerprint density at radius 1 is 1.38 bits per heavy atom. The van der Waals surface area contributed by atoms with Gasteiger partial charge >= 0.3 is 0 Å². The van der Waals surface area contributed by atoms with Gasteiger partial charge in [0.05, 0.1) is 16.9 Å². The minimum Gasteiger partial charge on any atom is -0.491 e. The Bertz CT molecular complexity index is 668. The van der Waals surface area contributed by atoms with E-state index in [1.54, 1.807) is 32.0 Å². The maximum Gasteiger partial charge on any atom is 0.255 e. The van der Waals surface area contributed by atoms with Crippen molar-refractivity contribution in [2.45, 2.75) is 24.6 Å². The van der Waals surface area contributed by atoms with E-state index in [2.05, 4.69) is 5.32 Å². The molecular weight excluding hydrogens is 292 g/mol. The van der Waals surface area contributed by atoms with Gasteiger partial charge in [0.1, 0.15) is 12.4 Å². The number of benzene rings is 1. The van der Waals surface area contributed by atoms with Gasteiger partial charge in [-0.1, -0.05) is 6.07 Å². The molecule has 1 unspecified atom stereocenters. The smallest absolute Gasteiger partial charge is 0.255 e. The second-order valence-electron chi connectivity index (χ2n) is 5.71. The van der Waals surface area contributed by atoms with E-state index in [9.17, 15) is 13.2 Å². The summed E-state index contributed by atoms with van der Waals surface area (Å²) in [7, 11) is -3.35. The summed E-state index contributed by atoms with van der Waals surface area (Å²) < 4.78 is 28.1. The highest BCUT2D eigenvalue weighted by Gasteiger charge is 2.38. The van der Waals surface area contributed by atoms with E-state index in [0.29, 0.717) is 30.0 Å². The van der Waals surface area contributed by atoms with Crippen LogP contribution in [-0.4, -0.2) is 38.5 Å². The Labute approximate surface area is 124 Å². The zero-order valence-corrected chi connectivity index (χ0v) is 13.2. The first kappa shape index (κ1) is 15.8. The zero-order chi connectivity index (χ0) is 15.8. The third-order valence-electron chi connectivity index (χ3n) is 3.96. The van der Waals surface area contributed by atoms with E-state index in [-0.39, 0.29) is 5.91 Å². The molecule has 1 atom stereocenters. The lowest BCUT2D eigenvalue weighted by atomic mass is 9.94. The Morgan fingerprint density at radius 3 is 2.67 bits per heavy atom. The van der Waals surface area contributed by atoms with Crippen molar-refractivity contribution >= 4 is 15.7 Å². The molecule has 1 aromatic rings. The van der Waals surface area contributed by atoms with Crippen molar-refractivity contribution in [1.82, 2.24) is 5.32 Å². The lowest BCUT2D eigenvalue weighted by molar-refractivity contribution is 0.0957. The molecule has 0 aliphatic carbocycles. The van der Waals surface area contributed by atoms with Crippen LogP contribution in [0.25, 0.3) is 0 Å². The van der Waals surface area contributed by atoms with Crippen LogP contribution in [0.2, 0.25) is 0 Å². The van der Waals surface area contributed by atoms with Gasteiger partial charge in [0.2, 0.25) is 0 Å². The highest BCUT2D eigenvalue weighted by molar-refractivity contribution is 7.92. The molecule has 7 heteroatoms. The van der Waals surface area contributed by atoms with E-state index in [4.69, 9.17) is 10.5 Å². The molecule has 0 saturated carbocycles. The maximum absolute atomic E-state index is 12.0. The molecule has 0 radical (unpaired) electrons. The van der Waals surface area contributed by atoms with Crippen molar-refractivity contribution in [1.29, 1.82) is 0 Å². The van der Waals surface area contributed by atoms with Crippen molar-refractivity contribution < 1.29 is 17.9 Å². The van der Waals surface area contributed by atoms with E-state index in [1.807, 2.05) is 0 Å². The predicted molar refractivity (Wildman–Crippen MR) is 80.1 cm³/mol. The average Bonchev–Trinajstić information content (AvgIpc) is 2.58. The van der Waals surface area contributed by atoms with E-state index in [1.165, 1.54) is 0 Å². The van der Waals surface area contributed by atoms with Crippen molar-refractivity contribution in [2.24, 2.45) is 5.73 Å². The monoisotopic (exact) mass is 312 g/mol. The van der Waals surface area contributed by atoms with Crippen molar-refractivity contribution in [3.8, 4) is 5.75 Å². The predicted octanol–water partition coefficient (Wildman–Crippen LogP) is 0.632. The number of ether oxygens (including phenoxy) is 1. The van der Waals surface area contributed by atoms with Gasteiger partial charge in [-0.25, -0.2) is 8.42 Å². The summed E-state index contributed by atoms with van der Waals surface area (Å²) >= 11 is 0. The van der Waals surface area contributed by atoms with Crippen molar-refractivity contribution in [3.63, 3.8) is 0 Å². The van der Waals surface area contributed by atoms with Gasteiger partial charge in [-0.3, -0.25) is 4.79 Å². The SMILES string of the molecule is CC(C)(C(N)c1ccc2c(c1)C(=O)NCCO2)S(C)(=O)=O. The van der Waals surface area contributed by atoms with Gasteiger partial charge in [-0.15, -0.1) is 0 Å². The molecule has 1 aliphatic rings. The highest BCUT2D eigenvalue weighted by Crippen LogP contribution is 2.32. The summed E-state index contributed by atoms with van der Waals surface area (Å²) in [5.74, 6) is 0.242. The first-order valence-electron chi connectivity index (χ1n) is 6.64. The fourth-order valence-electron chi connectivity index (χ4n) is 2.10. The lowest BCUT2D eigenvalue weighted by Crippen LogP contribution is -2.42. The summed E-state index contributed by atoms with van der Waals surface area (Å²) in [5, 5.41) is 2.71. The number of carbonyl (C=O) groups excluding carboxylic acids is 1. The van der Waals surface area contributed by atoms with Crippen molar-refractivity contribution in [2.75, 3.05) is 19.4 Å². The molecule has 1 heterocycles. The van der Waals surface area contributed by atoms with Crippen LogP contribution in [0.3, 0.4) is 0 Å². The third kappa shape index (κ3) is 2.89. The molecule has 3 N–H and O–H groups in total. The highest BCUT2D eigenvalue weighted by atomic mass is 32.2. The van der Waals surface area contributed by atoms with E-state index >= 15 is 0 Å². The summed E-state index contributed by atoms with van der Waals surface area (Å²) in [5.41, 5.74) is 7.09. The minimum atomic E-state index is -3.35. The lowest BCUT2D eigenvalue weighted by Gasteiger charge is -2.30. The van der Waals surface area contributed by atoms with Crippen LogP contribution in [0.4, 0.5) is 0 Å². The quantitative estimate of drug-likeness (QED) is 0.853. The Morgan fingerprint density at radius 2 is 2.05 bits per heavy atom. The molecule has 6 nitrogen and oxygen atoms in total. The van der Waals surface area contributed by atoms with Gasteiger partial charge in [0.25, 0.3) is 5.91 Å². The number of rotatable bonds is 3. The van der Waals surface area contributed by atoms with Crippen LogP contribution in [0.5, 0.6) is 5.75 Å². The molecule has 0 bridgehead atoms. The van der Waals surface area contributed by atoms with Crippen LogP contribution in [0.15, 0.2) is 18.2 Å². The van der Waals surface area contributed by atoms with Crippen LogP contribution >= 0.6 is 0 Å². The van der Waals surface area contributed by atoms with Gasteiger partial charge in [-0.2, -0.15) is 0 Å². The normalized spacial score (nSPS) is 17.2. The second-order valence-corrected chi connectivity index (χ2v) is 8.31. The molecule has 116 valence electrons. The Balaban J connectivity index is 2.45. The van der Waals surface area contributed by atoms with Gasteiger partial charge in [-0.05, 0) is 31.5 Å². The first-order valence-corrected chi connectivity index (χ1v) is 8.54. The fraction of sp³-hybridized carbons (Fsp3) is 0.500. The number of hydrogen-bond donors (Lipinski definition) is 2. The maximum atomic E-state index is 12.0. The third-order valence-corrected chi connectivity index (χ3v) is 6.12. The molecule has 0 spiro atoms. The van der Waals surface area contributed by atoms with Crippen LogP contribution < -0.4 is 15.8 Å². The molecule has 1 aromatic carbocycles.